The Labute approximate surface area is 180 Å². The molecule has 0 fully saturated rings. The van der Waals surface area contributed by atoms with E-state index in [9.17, 15) is 13.2 Å². The number of sulfonamides is 1. The number of anilines is 3. The highest BCUT2D eigenvalue weighted by molar-refractivity contribution is 7.92. The highest BCUT2D eigenvalue weighted by Crippen LogP contribution is 2.28. The van der Waals surface area contributed by atoms with Gasteiger partial charge in [-0.3, -0.25) is 4.72 Å². The number of benzene rings is 3. The van der Waals surface area contributed by atoms with Gasteiger partial charge in [-0.05, 0) is 73.2 Å². The number of carbonyl (C=O) groups excluding carboxylic acids is 1. The first-order valence-electron chi connectivity index (χ1n) is 8.88. The maximum atomic E-state index is 12.7. The molecule has 156 valence electrons. The van der Waals surface area contributed by atoms with Gasteiger partial charge >= 0.3 is 6.03 Å². The third-order valence-electron chi connectivity index (χ3n) is 4.12. The number of carbonyl (C=O) groups is 1. The number of halogens is 1. The van der Waals surface area contributed by atoms with Crippen LogP contribution in [0.4, 0.5) is 21.9 Å². The van der Waals surface area contributed by atoms with E-state index in [0.717, 1.165) is 5.56 Å². The van der Waals surface area contributed by atoms with E-state index in [1.807, 2.05) is 13.0 Å². The lowest BCUT2D eigenvalue weighted by molar-refractivity contribution is 0.262. The lowest BCUT2D eigenvalue weighted by Gasteiger charge is -2.13. The maximum Gasteiger partial charge on any atom is 0.323 e. The molecule has 0 radical (unpaired) electrons. The molecule has 0 bridgehead atoms. The third-order valence-corrected chi connectivity index (χ3v) is 5.76. The van der Waals surface area contributed by atoms with E-state index in [4.69, 9.17) is 16.3 Å². The summed E-state index contributed by atoms with van der Waals surface area (Å²) in [5, 5.41) is 5.87. The number of urea groups is 1. The molecule has 0 heterocycles. The van der Waals surface area contributed by atoms with Gasteiger partial charge in [0.25, 0.3) is 10.0 Å². The van der Waals surface area contributed by atoms with Crippen LogP contribution in [-0.2, 0) is 10.0 Å². The molecule has 0 aromatic heterocycles. The van der Waals surface area contributed by atoms with Crippen LogP contribution in [0.2, 0.25) is 5.02 Å². The van der Waals surface area contributed by atoms with Crippen LogP contribution < -0.4 is 20.1 Å². The van der Waals surface area contributed by atoms with Crippen LogP contribution in [0.1, 0.15) is 5.56 Å². The maximum absolute atomic E-state index is 12.7. The topological polar surface area (TPSA) is 96.5 Å². The van der Waals surface area contributed by atoms with E-state index >= 15 is 0 Å². The van der Waals surface area contributed by atoms with Gasteiger partial charge in [-0.25, -0.2) is 13.2 Å². The summed E-state index contributed by atoms with van der Waals surface area (Å²) in [5.74, 6) is 0.418. The van der Waals surface area contributed by atoms with Crippen LogP contribution in [0.3, 0.4) is 0 Å². The first kappa shape index (κ1) is 21.5. The first-order valence-corrected chi connectivity index (χ1v) is 10.7. The van der Waals surface area contributed by atoms with Crippen molar-refractivity contribution >= 4 is 44.7 Å². The molecule has 9 heteroatoms. The summed E-state index contributed by atoms with van der Waals surface area (Å²) in [6.07, 6.45) is 0. The number of methoxy groups -OCH3 is 1. The number of aryl methyl sites for hydroxylation is 1. The number of hydrogen-bond acceptors (Lipinski definition) is 4. The zero-order valence-corrected chi connectivity index (χ0v) is 17.8. The normalized spacial score (nSPS) is 10.9. The molecular weight excluding hydrogens is 426 g/mol. The molecule has 30 heavy (non-hydrogen) atoms. The summed E-state index contributed by atoms with van der Waals surface area (Å²) in [4.78, 5) is 12.1. The van der Waals surface area contributed by atoms with E-state index < -0.39 is 16.1 Å². The Morgan fingerprint density at radius 1 is 0.900 bits per heavy atom. The summed E-state index contributed by atoms with van der Waals surface area (Å²) in [6.45, 7) is 1.85. The fourth-order valence-electron chi connectivity index (χ4n) is 2.65. The average molecular weight is 446 g/mol. The number of hydrogen-bond donors (Lipinski definition) is 3. The molecule has 3 aromatic rings. The van der Waals surface area contributed by atoms with Crippen molar-refractivity contribution in [1.82, 2.24) is 0 Å². The van der Waals surface area contributed by atoms with E-state index in [-0.39, 0.29) is 4.90 Å². The minimum atomic E-state index is -3.83. The molecule has 0 atom stereocenters. The Morgan fingerprint density at radius 2 is 1.47 bits per heavy atom. The zero-order valence-electron chi connectivity index (χ0n) is 16.3. The minimum absolute atomic E-state index is 0.0507. The van der Waals surface area contributed by atoms with Gasteiger partial charge in [-0.2, -0.15) is 0 Å². The van der Waals surface area contributed by atoms with Crippen LogP contribution in [0, 0.1) is 6.92 Å². The van der Waals surface area contributed by atoms with Crippen LogP contribution in [0.5, 0.6) is 5.75 Å². The van der Waals surface area contributed by atoms with Crippen molar-refractivity contribution in [1.29, 1.82) is 0 Å². The molecule has 0 spiro atoms. The average Bonchev–Trinajstić information content (AvgIpc) is 2.70. The van der Waals surface area contributed by atoms with E-state index in [1.165, 1.54) is 31.4 Å². The Balaban J connectivity index is 1.69. The predicted octanol–water partition coefficient (Wildman–Crippen LogP) is 5.10. The third kappa shape index (κ3) is 5.43. The highest BCUT2D eigenvalue weighted by atomic mass is 35.5. The molecular formula is C21H20ClN3O4S. The Hall–Kier alpha value is -3.23. The van der Waals surface area contributed by atoms with Crippen LogP contribution in [-0.4, -0.2) is 21.6 Å². The van der Waals surface area contributed by atoms with Gasteiger partial charge in [0.15, 0.2) is 0 Å². The molecule has 0 saturated carbocycles. The van der Waals surface area contributed by atoms with Crippen molar-refractivity contribution in [3.05, 3.63) is 77.3 Å². The largest absolute Gasteiger partial charge is 0.495 e. The molecule has 0 aliphatic heterocycles. The summed E-state index contributed by atoms with van der Waals surface area (Å²) in [6, 6.07) is 17.2. The van der Waals surface area contributed by atoms with E-state index in [1.54, 1.807) is 36.4 Å². The molecule has 3 N–H and O–H groups in total. The molecule has 0 unspecified atom stereocenters. The summed E-state index contributed by atoms with van der Waals surface area (Å²) >= 11 is 5.82. The van der Waals surface area contributed by atoms with Gasteiger partial charge in [-0.1, -0.05) is 17.7 Å². The smallest absolute Gasteiger partial charge is 0.323 e. The second-order valence-corrected chi connectivity index (χ2v) is 8.54. The van der Waals surface area contributed by atoms with Crippen molar-refractivity contribution in [2.45, 2.75) is 11.8 Å². The van der Waals surface area contributed by atoms with Gasteiger partial charge in [0.1, 0.15) is 5.75 Å². The molecule has 0 aliphatic rings. The van der Waals surface area contributed by atoms with Gasteiger partial charge in [0, 0.05) is 16.4 Å². The molecule has 2 amide bonds. The molecule has 0 aliphatic carbocycles. The fraction of sp³-hybridized carbons (Fsp3) is 0.0952. The Kier molecular flexibility index (Phi) is 6.49. The van der Waals surface area contributed by atoms with Crippen molar-refractivity contribution in [3.8, 4) is 5.75 Å². The van der Waals surface area contributed by atoms with Crippen molar-refractivity contribution in [3.63, 3.8) is 0 Å². The van der Waals surface area contributed by atoms with Crippen molar-refractivity contribution < 1.29 is 17.9 Å². The van der Waals surface area contributed by atoms with Crippen LogP contribution in [0.25, 0.3) is 0 Å². The van der Waals surface area contributed by atoms with Crippen molar-refractivity contribution in [2.75, 3.05) is 22.5 Å². The Bertz CT molecular complexity index is 1150. The molecule has 3 rings (SSSR count). The SMILES string of the molecule is COc1ccc(C)cc1NS(=O)(=O)c1ccc(NC(=O)Nc2ccc(Cl)cc2)cc1. The lowest BCUT2D eigenvalue weighted by Crippen LogP contribution is -2.19. The number of amides is 2. The summed E-state index contributed by atoms with van der Waals surface area (Å²) in [7, 11) is -2.36. The zero-order chi connectivity index (χ0) is 21.7. The number of rotatable bonds is 6. The number of nitrogens with one attached hydrogen (secondary N) is 3. The van der Waals surface area contributed by atoms with Gasteiger partial charge < -0.3 is 15.4 Å². The molecule has 3 aromatic carbocycles. The monoisotopic (exact) mass is 445 g/mol. The molecule has 0 saturated heterocycles. The molecule has 7 nitrogen and oxygen atoms in total. The highest BCUT2D eigenvalue weighted by Gasteiger charge is 2.17. The van der Waals surface area contributed by atoms with Gasteiger partial charge in [0.05, 0.1) is 17.7 Å². The number of ether oxygens (including phenoxy) is 1. The quantitative estimate of drug-likeness (QED) is 0.491. The fourth-order valence-corrected chi connectivity index (χ4v) is 3.84. The summed E-state index contributed by atoms with van der Waals surface area (Å²) in [5.41, 5.74) is 2.25. The van der Waals surface area contributed by atoms with Crippen LogP contribution >= 0.6 is 11.6 Å². The van der Waals surface area contributed by atoms with Crippen molar-refractivity contribution in [2.24, 2.45) is 0 Å². The lowest BCUT2D eigenvalue weighted by atomic mass is 10.2. The first-order chi connectivity index (χ1) is 14.3. The standard InChI is InChI=1S/C21H20ClN3O4S/c1-14-3-12-20(29-2)19(13-14)25-30(27,28)18-10-8-17(9-11-18)24-21(26)23-16-6-4-15(22)5-7-16/h3-13,25H,1-2H3,(H2,23,24,26). The van der Waals surface area contributed by atoms with Crippen LogP contribution in [0.15, 0.2) is 71.6 Å². The summed E-state index contributed by atoms with van der Waals surface area (Å²) < 4.78 is 33.2. The Morgan fingerprint density at radius 3 is 2.03 bits per heavy atom. The minimum Gasteiger partial charge on any atom is -0.495 e. The van der Waals surface area contributed by atoms with E-state index in [0.29, 0.717) is 27.8 Å². The second-order valence-electron chi connectivity index (χ2n) is 6.42. The predicted molar refractivity (Wildman–Crippen MR) is 119 cm³/mol. The van der Waals surface area contributed by atoms with Gasteiger partial charge in [-0.15, -0.1) is 0 Å². The van der Waals surface area contributed by atoms with Gasteiger partial charge in [0.2, 0.25) is 0 Å². The van der Waals surface area contributed by atoms with E-state index in [2.05, 4.69) is 15.4 Å². The second kappa shape index (κ2) is 9.06.